The van der Waals surface area contributed by atoms with Gasteiger partial charge in [0.25, 0.3) is 0 Å². The fourth-order valence-corrected chi connectivity index (χ4v) is 2.37. The van der Waals surface area contributed by atoms with E-state index in [0.717, 1.165) is 50.5 Å². The van der Waals surface area contributed by atoms with Gasteiger partial charge >= 0.3 is 0 Å². The average molecular weight is 306 g/mol. The van der Waals surface area contributed by atoms with E-state index < -0.39 is 0 Å². The van der Waals surface area contributed by atoms with E-state index in [-0.39, 0.29) is 5.91 Å². The summed E-state index contributed by atoms with van der Waals surface area (Å²) < 4.78 is 0. The van der Waals surface area contributed by atoms with Gasteiger partial charge in [-0.15, -0.1) is 0 Å². The Labute approximate surface area is 134 Å². The number of nitrogens with two attached hydrogens (primary N) is 1. The molecular formula is C17H30N4O. The van der Waals surface area contributed by atoms with Gasteiger partial charge in [0, 0.05) is 24.5 Å². The average Bonchev–Trinajstić information content (AvgIpc) is 2.53. The van der Waals surface area contributed by atoms with Crippen LogP contribution in [0.25, 0.3) is 0 Å². The number of carbonyl (C=O) groups is 1. The predicted octanol–water partition coefficient (Wildman–Crippen LogP) is 1.94. The van der Waals surface area contributed by atoms with Crippen LogP contribution in [0.4, 0.5) is 11.4 Å². The first-order chi connectivity index (χ1) is 10.6. The molecule has 1 aromatic carbocycles. The minimum absolute atomic E-state index is 0.0678. The van der Waals surface area contributed by atoms with Gasteiger partial charge in [0.1, 0.15) is 0 Å². The van der Waals surface area contributed by atoms with Crippen LogP contribution in [-0.2, 0) is 4.79 Å². The van der Waals surface area contributed by atoms with Gasteiger partial charge in [-0.1, -0.05) is 13.8 Å². The van der Waals surface area contributed by atoms with Crippen LogP contribution in [0.3, 0.4) is 0 Å². The first-order valence-corrected chi connectivity index (χ1v) is 8.20. The number of hydrogen-bond donors (Lipinski definition) is 2. The monoisotopic (exact) mass is 306 g/mol. The predicted molar refractivity (Wildman–Crippen MR) is 94.2 cm³/mol. The third kappa shape index (κ3) is 6.35. The van der Waals surface area contributed by atoms with Crippen LogP contribution in [0, 0.1) is 0 Å². The lowest BCUT2D eigenvalue weighted by Crippen LogP contribution is -2.38. The number of carbonyl (C=O) groups excluding carboxylic acids is 1. The van der Waals surface area contributed by atoms with Gasteiger partial charge in [-0.05, 0) is 57.2 Å². The van der Waals surface area contributed by atoms with Gasteiger partial charge in [0.15, 0.2) is 0 Å². The minimum Gasteiger partial charge on any atom is -0.399 e. The lowest BCUT2D eigenvalue weighted by Gasteiger charge is -2.23. The van der Waals surface area contributed by atoms with E-state index >= 15 is 0 Å². The van der Waals surface area contributed by atoms with Crippen LogP contribution in [-0.4, -0.2) is 50.1 Å². The van der Waals surface area contributed by atoms with Gasteiger partial charge in [0.05, 0.1) is 6.54 Å². The fraction of sp³-hybridized carbons (Fsp3) is 0.588. The van der Waals surface area contributed by atoms with Crippen molar-refractivity contribution in [1.82, 2.24) is 10.2 Å². The molecule has 0 fully saturated rings. The maximum atomic E-state index is 12.0. The highest BCUT2D eigenvalue weighted by Crippen LogP contribution is 2.15. The molecule has 0 heterocycles. The molecule has 0 aliphatic carbocycles. The Morgan fingerprint density at radius 3 is 2.27 bits per heavy atom. The van der Waals surface area contributed by atoms with E-state index in [9.17, 15) is 4.79 Å². The first-order valence-electron chi connectivity index (χ1n) is 8.20. The third-order valence-electron chi connectivity index (χ3n) is 3.84. The van der Waals surface area contributed by atoms with Crippen LogP contribution in [0.15, 0.2) is 24.3 Å². The maximum absolute atomic E-state index is 12.0. The Morgan fingerprint density at radius 2 is 1.73 bits per heavy atom. The van der Waals surface area contributed by atoms with Crippen molar-refractivity contribution in [2.24, 2.45) is 0 Å². The molecule has 1 rings (SSSR count). The summed E-state index contributed by atoms with van der Waals surface area (Å²) in [6.07, 6.45) is 0.988. The molecule has 0 bridgehead atoms. The van der Waals surface area contributed by atoms with Gasteiger partial charge in [-0.25, -0.2) is 0 Å². The second kappa shape index (κ2) is 10.1. The summed E-state index contributed by atoms with van der Waals surface area (Å²) >= 11 is 0. The zero-order chi connectivity index (χ0) is 16.4. The van der Waals surface area contributed by atoms with Gasteiger partial charge < -0.3 is 20.9 Å². The maximum Gasteiger partial charge on any atom is 0.239 e. The van der Waals surface area contributed by atoms with Crippen molar-refractivity contribution in [3.05, 3.63) is 24.3 Å². The summed E-state index contributed by atoms with van der Waals surface area (Å²) in [7, 11) is 0. The van der Waals surface area contributed by atoms with Crippen molar-refractivity contribution in [1.29, 1.82) is 0 Å². The number of anilines is 2. The Hall–Kier alpha value is -1.75. The normalized spacial score (nSPS) is 10.7. The molecule has 22 heavy (non-hydrogen) atoms. The lowest BCUT2D eigenvalue weighted by atomic mass is 10.2. The van der Waals surface area contributed by atoms with E-state index in [2.05, 4.69) is 24.1 Å². The second-order valence-corrected chi connectivity index (χ2v) is 5.34. The van der Waals surface area contributed by atoms with Crippen molar-refractivity contribution in [3.8, 4) is 0 Å². The highest BCUT2D eigenvalue weighted by Gasteiger charge is 2.09. The molecule has 1 amide bonds. The molecule has 124 valence electrons. The van der Waals surface area contributed by atoms with Crippen molar-refractivity contribution < 1.29 is 4.79 Å². The molecule has 3 N–H and O–H groups in total. The summed E-state index contributed by atoms with van der Waals surface area (Å²) in [4.78, 5) is 16.4. The Morgan fingerprint density at radius 1 is 1.09 bits per heavy atom. The number of nitrogens with one attached hydrogen (secondary N) is 1. The molecule has 0 aromatic heterocycles. The topological polar surface area (TPSA) is 61.6 Å². The zero-order valence-corrected chi connectivity index (χ0v) is 14.1. The van der Waals surface area contributed by atoms with Crippen molar-refractivity contribution in [2.45, 2.75) is 27.2 Å². The fourth-order valence-electron chi connectivity index (χ4n) is 2.37. The quantitative estimate of drug-likeness (QED) is 0.512. The molecule has 5 heteroatoms. The Bertz CT molecular complexity index is 429. The van der Waals surface area contributed by atoms with Crippen LogP contribution < -0.4 is 16.0 Å². The van der Waals surface area contributed by atoms with Crippen LogP contribution in [0.5, 0.6) is 0 Å². The van der Waals surface area contributed by atoms with E-state index in [1.54, 1.807) is 0 Å². The van der Waals surface area contributed by atoms with E-state index in [1.807, 2.05) is 36.1 Å². The molecule has 0 radical (unpaired) electrons. The summed E-state index contributed by atoms with van der Waals surface area (Å²) in [6, 6.07) is 7.62. The molecule has 1 aromatic rings. The van der Waals surface area contributed by atoms with Crippen molar-refractivity contribution in [3.63, 3.8) is 0 Å². The number of rotatable bonds is 10. The molecule has 0 aliphatic rings. The van der Waals surface area contributed by atoms with Crippen LogP contribution >= 0.6 is 0 Å². The highest BCUT2D eigenvalue weighted by molar-refractivity contribution is 5.81. The highest BCUT2D eigenvalue weighted by atomic mass is 16.2. The number of likely N-dealkylation sites (N-methyl/N-ethyl adjacent to an activating group) is 1. The summed E-state index contributed by atoms with van der Waals surface area (Å²) in [5.74, 6) is 0.0678. The lowest BCUT2D eigenvalue weighted by molar-refractivity contribution is -0.119. The largest absolute Gasteiger partial charge is 0.399 e. The SMILES string of the molecule is CCN(CC)CCCNC(=O)CN(CC)c1ccc(N)cc1. The number of hydrogen-bond acceptors (Lipinski definition) is 4. The van der Waals surface area contributed by atoms with Gasteiger partial charge in [-0.3, -0.25) is 4.79 Å². The van der Waals surface area contributed by atoms with Crippen LogP contribution in [0.2, 0.25) is 0 Å². The minimum atomic E-state index is 0.0678. The molecular weight excluding hydrogens is 276 g/mol. The smallest absolute Gasteiger partial charge is 0.239 e. The summed E-state index contributed by atoms with van der Waals surface area (Å²) in [5, 5.41) is 3.00. The van der Waals surface area contributed by atoms with E-state index in [0.29, 0.717) is 6.54 Å². The van der Waals surface area contributed by atoms with Crippen molar-refractivity contribution >= 4 is 17.3 Å². The second-order valence-electron chi connectivity index (χ2n) is 5.34. The molecule has 0 aliphatic heterocycles. The standard InChI is InChI=1S/C17H30N4O/c1-4-20(5-2)13-7-12-19-17(22)14-21(6-3)16-10-8-15(18)9-11-16/h8-11H,4-7,12-14,18H2,1-3H3,(H,19,22). The first kappa shape index (κ1) is 18.3. The number of nitrogen functional groups attached to an aromatic ring is 1. The Kier molecular flexibility index (Phi) is 8.36. The van der Waals surface area contributed by atoms with Gasteiger partial charge in [-0.2, -0.15) is 0 Å². The van der Waals surface area contributed by atoms with Crippen LogP contribution in [0.1, 0.15) is 27.2 Å². The number of benzene rings is 1. The summed E-state index contributed by atoms with van der Waals surface area (Å²) in [5.41, 5.74) is 7.46. The van der Waals surface area contributed by atoms with Gasteiger partial charge in [0.2, 0.25) is 5.91 Å². The summed E-state index contributed by atoms with van der Waals surface area (Å²) in [6.45, 7) is 11.4. The molecule has 0 saturated heterocycles. The molecule has 0 unspecified atom stereocenters. The number of nitrogens with zero attached hydrogens (tertiary/aromatic N) is 2. The number of amides is 1. The zero-order valence-electron chi connectivity index (χ0n) is 14.1. The molecule has 0 atom stereocenters. The third-order valence-corrected chi connectivity index (χ3v) is 3.84. The Balaban J connectivity index is 2.34. The van der Waals surface area contributed by atoms with E-state index in [1.165, 1.54) is 0 Å². The molecule has 5 nitrogen and oxygen atoms in total. The molecule has 0 spiro atoms. The van der Waals surface area contributed by atoms with Crippen molar-refractivity contribution in [2.75, 3.05) is 49.9 Å². The molecule has 0 saturated carbocycles. The van der Waals surface area contributed by atoms with E-state index in [4.69, 9.17) is 5.73 Å².